The lowest BCUT2D eigenvalue weighted by Crippen LogP contribution is -2.44. The van der Waals surface area contributed by atoms with E-state index in [1.54, 1.807) is 55.8 Å². The molecule has 0 unspecified atom stereocenters. The zero-order valence-electron chi connectivity index (χ0n) is 33.0. The molecule has 0 saturated heterocycles. The summed E-state index contributed by atoms with van der Waals surface area (Å²) in [5, 5.41) is 60.1. The Morgan fingerprint density at radius 3 is 2.36 bits per heavy atom. The van der Waals surface area contributed by atoms with Crippen LogP contribution in [0.25, 0.3) is 10.8 Å². The quantitative estimate of drug-likeness (QED) is 0.0520. The molecule has 0 aliphatic heterocycles. The minimum Gasteiger partial charge on any atom is -0.670 e. The van der Waals surface area contributed by atoms with E-state index in [0.29, 0.717) is 59.7 Å². The molecular formula is C47H51N2O9-. The van der Waals surface area contributed by atoms with Crippen molar-refractivity contribution < 1.29 is 44.5 Å². The van der Waals surface area contributed by atoms with E-state index in [0.717, 1.165) is 33.0 Å². The van der Waals surface area contributed by atoms with Gasteiger partial charge in [0, 0.05) is 24.9 Å². The molecule has 0 radical (unpaired) electrons. The number of aliphatic hydroxyl groups is 3. The van der Waals surface area contributed by atoms with Gasteiger partial charge < -0.3 is 50.0 Å². The molecule has 6 N–H and O–H groups in total. The molecule has 3 atom stereocenters. The van der Waals surface area contributed by atoms with Gasteiger partial charge in [-0.25, -0.2) is 0 Å². The van der Waals surface area contributed by atoms with Crippen LogP contribution in [0, 0.1) is 5.92 Å². The number of aromatic hydroxyl groups is 2. The summed E-state index contributed by atoms with van der Waals surface area (Å²) in [4.78, 5) is 19.2. The predicted octanol–water partition coefficient (Wildman–Crippen LogP) is 5.76. The van der Waals surface area contributed by atoms with E-state index >= 15 is 0 Å². The van der Waals surface area contributed by atoms with Crippen LogP contribution < -0.4 is 24.5 Å². The highest BCUT2D eigenvalue weighted by molar-refractivity contribution is 5.91. The van der Waals surface area contributed by atoms with E-state index in [4.69, 9.17) is 14.2 Å². The molecule has 11 nitrogen and oxygen atoms in total. The second-order valence-corrected chi connectivity index (χ2v) is 14.7. The van der Waals surface area contributed by atoms with Gasteiger partial charge in [-0.15, -0.1) is 0 Å². The van der Waals surface area contributed by atoms with Crippen molar-refractivity contribution in [2.75, 3.05) is 34.7 Å². The Hall–Kier alpha value is -5.85. The first kappa shape index (κ1) is 41.8. The SMILES string of the molecule is CNCc1cc(O)cc([C@@](CO)(Cc2ccc(OCO)c(OC)c2)C(=O)C[C@@H](O)[C@H](Cc2cc[n-]c2)Cc2ccc(O)c(OC)c2Cc2cccc3ccccc23)c1. The number of carbonyl (C=O) groups is 1. The van der Waals surface area contributed by atoms with Crippen LogP contribution in [0.3, 0.4) is 0 Å². The van der Waals surface area contributed by atoms with Gasteiger partial charge in [0.2, 0.25) is 0 Å². The fourth-order valence-electron chi connectivity index (χ4n) is 8.04. The van der Waals surface area contributed by atoms with Gasteiger partial charge >= 0.3 is 0 Å². The third kappa shape index (κ3) is 9.30. The number of nitrogens with one attached hydrogen (secondary N) is 1. The van der Waals surface area contributed by atoms with Gasteiger partial charge in [-0.2, -0.15) is 12.4 Å². The smallest absolute Gasteiger partial charge is 0.186 e. The van der Waals surface area contributed by atoms with E-state index in [9.17, 15) is 30.3 Å². The maximum Gasteiger partial charge on any atom is 0.186 e. The molecule has 0 fully saturated rings. The standard InChI is InChI=1S/C47H51N2O9/c1-48-26-32-18-37(23-38(52)19-32)47(28-50,25-30-11-14-43(58-29-51)44(20-30)56-2)45(55)24-42(54)36(17-31-15-16-49-27-31)21-35-12-13-41(53)46(57-3)40(35)22-34-9-6-8-33-7-4-5-10-39(33)34/h4-16,18-20,23,27,36,42,48,50-54H,17,21-22,24-26,28-29H2,1-3H3/q-1/t36-,42-,47+/m1/s1. The molecule has 6 aromatic rings. The van der Waals surface area contributed by atoms with Crippen molar-refractivity contribution in [1.82, 2.24) is 10.3 Å². The van der Waals surface area contributed by atoms with Crippen molar-refractivity contribution in [3.63, 3.8) is 0 Å². The summed E-state index contributed by atoms with van der Waals surface area (Å²) in [6.45, 7) is -0.790. The summed E-state index contributed by atoms with van der Waals surface area (Å²) in [6.07, 6.45) is 3.06. The highest BCUT2D eigenvalue weighted by atomic mass is 16.6. The number of aromatic nitrogens is 1. The van der Waals surface area contributed by atoms with E-state index in [1.807, 2.05) is 30.3 Å². The predicted molar refractivity (Wildman–Crippen MR) is 222 cm³/mol. The zero-order valence-corrected chi connectivity index (χ0v) is 33.0. The summed E-state index contributed by atoms with van der Waals surface area (Å²) in [7, 11) is 4.75. The Bertz CT molecular complexity index is 2300. The summed E-state index contributed by atoms with van der Waals surface area (Å²) in [6, 6.07) is 29.4. The number of aliphatic hydroxyl groups excluding tert-OH is 3. The Labute approximate surface area is 338 Å². The minimum absolute atomic E-state index is 0.00179. The molecule has 5 aromatic carbocycles. The van der Waals surface area contributed by atoms with Gasteiger partial charge in [-0.3, -0.25) is 4.79 Å². The third-order valence-electron chi connectivity index (χ3n) is 11.0. The molecule has 0 bridgehead atoms. The van der Waals surface area contributed by atoms with Crippen molar-refractivity contribution in [2.45, 2.75) is 50.2 Å². The Morgan fingerprint density at radius 2 is 1.64 bits per heavy atom. The number of carbonyl (C=O) groups excluding carboxylic acids is 1. The van der Waals surface area contributed by atoms with E-state index in [2.05, 4.69) is 34.6 Å². The molecule has 6 rings (SSSR count). The second kappa shape index (κ2) is 19.1. The van der Waals surface area contributed by atoms with Crippen LogP contribution in [0.1, 0.15) is 45.4 Å². The molecule has 0 saturated carbocycles. The lowest BCUT2D eigenvalue weighted by Gasteiger charge is -2.34. The van der Waals surface area contributed by atoms with Crippen LogP contribution in [0.4, 0.5) is 0 Å². The molecule has 0 amide bonds. The van der Waals surface area contributed by atoms with E-state index in [1.165, 1.54) is 20.3 Å². The number of ketones is 1. The maximum atomic E-state index is 15.0. The summed E-state index contributed by atoms with van der Waals surface area (Å²) < 4.78 is 16.6. The molecule has 0 spiro atoms. The second-order valence-electron chi connectivity index (χ2n) is 14.7. The van der Waals surface area contributed by atoms with Crippen LogP contribution in [0.5, 0.6) is 28.7 Å². The number of ether oxygens (including phenoxy) is 3. The fourth-order valence-corrected chi connectivity index (χ4v) is 8.04. The topological polar surface area (TPSA) is 172 Å². The van der Waals surface area contributed by atoms with Crippen LogP contribution in [-0.4, -0.2) is 72.1 Å². The van der Waals surface area contributed by atoms with Gasteiger partial charge in [-0.1, -0.05) is 72.3 Å². The Kier molecular flexibility index (Phi) is 13.7. The number of hydrogen-bond acceptors (Lipinski definition) is 10. The number of benzene rings is 5. The van der Waals surface area contributed by atoms with Crippen molar-refractivity contribution >= 4 is 16.6 Å². The van der Waals surface area contributed by atoms with Gasteiger partial charge in [-0.05, 0) is 101 Å². The number of Topliss-reactive ketones (excluding diaryl/α,β-unsaturated/α-hetero) is 1. The number of methoxy groups -OCH3 is 2. The monoisotopic (exact) mass is 787 g/mol. The molecule has 1 aromatic heterocycles. The Morgan fingerprint density at radius 1 is 0.828 bits per heavy atom. The van der Waals surface area contributed by atoms with Crippen molar-refractivity contribution in [1.29, 1.82) is 0 Å². The average Bonchev–Trinajstić information content (AvgIpc) is 3.74. The average molecular weight is 788 g/mol. The van der Waals surface area contributed by atoms with Gasteiger partial charge in [0.05, 0.1) is 32.3 Å². The lowest BCUT2D eigenvalue weighted by molar-refractivity contribution is -0.129. The first-order valence-electron chi connectivity index (χ1n) is 19.2. The summed E-state index contributed by atoms with van der Waals surface area (Å²) in [5.74, 6) is -0.0416. The third-order valence-corrected chi connectivity index (χ3v) is 11.0. The largest absolute Gasteiger partial charge is 0.670 e. The molecular weight excluding hydrogens is 737 g/mol. The number of fused-ring (bicyclic) bond motifs is 1. The zero-order chi connectivity index (χ0) is 41.2. The van der Waals surface area contributed by atoms with Crippen LogP contribution in [0.2, 0.25) is 0 Å². The highest BCUT2D eigenvalue weighted by Gasteiger charge is 2.42. The van der Waals surface area contributed by atoms with Crippen molar-refractivity contribution in [3.05, 3.63) is 148 Å². The van der Waals surface area contributed by atoms with E-state index < -0.39 is 36.6 Å². The van der Waals surface area contributed by atoms with Crippen LogP contribution >= 0.6 is 0 Å². The summed E-state index contributed by atoms with van der Waals surface area (Å²) >= 11 is 0. The van der Waals surface area contributed by atoms with Crippen molar-refractivity contribution in [3.8, 4) is 28.7 Å². The first-order chi connectivity index (χ1) is 28.1. The molecule has 1 heterocycles. The molecule has 0 aliphatic rings. The number of phenols is 2. The highest BCUT2D eigenvalue weighted by Crippen LogP contribution is 2.40. The lowest BCUT2D eigenvalue weighted by atomic mass is 9.70. The fraction of sp³-hybridized carbons (Fsp3) is 0.298. The molecule has 11 heteroatoms. The minimum atomic E-state index is -1.60. The van der Waals surface area contributed by atoms with Crippen LogP contribution in [0.15, 0.2) is 109 Å². The number of phenolic OH excluding ortho intramolecular Hbond substituents is 2. The number of nitrogens with zero attached hydrogens (tertiary/aromatic N) is 1. The normalized spacial score (nSPS) is 13.5. The van der Waals surface area contributed by atoms with Gasteiger partial charge in [0.1, 0.15) is 11.5 Å². The molecule has 0 aliphatic carbocycles. The van der Waals surface area contributed by atoms with E-state index in [-0.39, 0.29) is 24.3 Å². The molecule has 58 heavy (non-hydrogen) atoms. The number of hydrogen-bond donors (Lipinski definition) is 6. The van der Waals surface area contributed by atoms with Crippen molar-refractivity contribution in [2.24, 2.45) is 5.92 Å². The Balaban J connectivity index is 1.39. The maximum absolute atomic E-state index is 15.0. The van der Waals surface area contributed by atoms with Gasteiger partial charge in [0.15, 0.2) is 29.8 Å². The summed E-state index contributed by atoms with van der Waals surface area (Å²) in [5.41, 5.74) is 3.65. The number of rotatable bonds is 20. The van der Waals surface area contributed by atoms with Gasteiger partial charge in [0.25, 0.3) is 0 Å². The van der Waals surface area contributed by atoms with Crippen LogP contribution in [-0.2, 0) is 42.4 Å². The first-order valence-corrected chi connectivity index (χ1v) is 19.2. The molecule has 304 valence electrons.